The van der Waals surface area contributed by atoms with Crippen molar-refractivity contribution in [2.45, 2.75) is 95.3 Å². The van der Waals surface area contributed by atoms with Gasteiger partial charge >= 0.3 is 6.09 Å². The minimum atomic E-state index is -3.52. The molecule has 2 atom stereocenters. The van der Waals surface area contributed by atoms with Crippen LogP contribution in [0.15, 0.2) is 54.6 Å². The summed E-state index contributed by atoms with van der Waals surface area (Å²) in [5.74, 6) is -2.78. The van der Waals surface area contributed by atoms with E-state index in [2.05, 4.69) is 10.2 Å². The first-order valence-corrected chi connectivity index (χ1v) is 20.0. The van der Waals surface area contributed by atoms with Gasteiger partial charge < -0.3 is 19.7 Å². The minimum Gasteiger partial charge on any atom is -0.484 e. The molecule has 0 bridgehead atoms. The molecule has 1 fully saturated rings. The fourth-order valence-electron chi connectivity index (χ4n) is 8.14. The van der Waals surface area contributed by atoms with Gasteiger partial charge in [0, 0.05) is 43.6 Å². The number of anilines is 2. The van der Waals surface area contributed by atoms with Gasteiger partial charge in [-0.1, -0.05) is 12.1 Å². The van der Waals surface area contributed by atoms with Crippen LogP contribution in [0, 0.1) is 17.5 Å². The number of nitrogens with one attached hydrogen (secondary N) is 1. The van der Waals surface area contributed by atoms with Gasteiger partial charge in [-0.25, -0.2) is 26.4 Å². The smallest absolute Gasteiger partial charge is 0.415 e. The first-order valence-electron chi connectivity index (χ1n) is 18.0. The molecule has 0 aromatic heterocycles. The van der Waals surface area contributed by atoms with Crippen LogP contribution in [-0.2, 0) is 31.2 Å². The van der Waals surface area contributed by atoms with Crippen molar-refractivity contribution < 1.29 is 40.7 Å². The van der Waals surface area contributed by atoms with Crippen LogP contribution >= 0.6 is 0 Å². The molecule has 13 heteroatoms. The van der Waals surface area contributed by atoms with E-state index in [4.69, 9.17) is 9.47 Å². The van der Waals surface area contributed by atoms with E-state index in [1.165, 1.54) is 12.1 Å². The third-order valence-electron chi connectivity index (χ3n) is 10.3. The van der Waals surface area contributed by atoms with E-state index in [9.17, 15) is 31.2 Å². The Hall–Kier alpha value is -4.26. The largest absolute Gasteiger partial charge is 0.484 e. The highest BCUT2D eigenvalue weighted by Gasteiger charge is 2.46. The molecule has 6 rings (SSSR count). The highest BCUT2D eigenvalue weighted by Crippen LogP contribution is 2.53. The minimum absolute atomic E-state index is 0.00646. The molecule has 53 heavy (non-hydrogen) atoms. The summed E-state index contributed by atoms with van der Waals surface area (Å²) < 4.78 is 78.7. The van der Waals surface area contributed by atoms with Crippen LogP contribution in [0.3, 0.4) is 0 Å². The van der Waals surface area contributed by atoms with Gasteiger partial charge in [-0.05, 0) is 125 Å². The van der Waals surface area contributed by atoms with Crippen LogP contribution in [0.25, 0.3) is 0 Å². The second-order valence-electron chi connectivity index (χ2n) is 16.5. The molecule has 3 aromatic carbocycles. The molecule has 1 N–H and O–H groups in total. The molecule has 1 saturated heterocycles. The molecule has 3 aromatic rings. The molecule has 0 radical (unpaired) electrons. The molecule has 0 unspecified atom stereocenters. The van der Waals surface area contributed by atoms with Crippen molar-refractivity contribution in [1.29, 1.82) is 0 Å². The second-order valence-corrected chi connectivity index (χ2v) is 18.7. The van der Waals surface area contributed by atoms with Gasteiger partial charge in [-0.2, -0.15) is 0 Å². The molecule has 2 amide bonds. The zero-order chi connectivity index (χ0) is 38.5. The first-order chi connectivity index (χ1) is 24.7. The van der Waals surface area contributed by atoms with Gasteiger partial charge in [0.25, 0.3) is 0 Å². The van der Waals surface area contributed by atoms with Crippen molar-refractivity contribution in [3.8, 4) is 5.75 Å². The number of halogens is 3. The predicted molar refractivity (Wildman–Crippen MR) is 198 cm³/mol. The first kappa shape index (κ1) is 38.5. The Morgan fingerprint density at radius 2 is 1.72 bits per heavy atom. The normalized spacial score (nSPS) is 19.6. The zero-order valence-corrected chi connectivity index (χ0v) is 31.9. The molecule has 2 aliphatic heterocycles. The van der Waals surface area contributed by atoms with E-state index in [1.54, 1.807) is 17.0 Å². The Morgan fingerprint density at radius 1 is 1.00 bits per heavy atom. The van der Waals surface area contributed by atoms with Crippen molar-refractivity contribution in [3.63, 3.8) is 0 Å². The van der Waals surface area contributed by atoms with Crippen molar-refractivity contribution in [3.05, 3.63) is 88.7 Å². The second kappa shape index (κ2) is 14.2. The Morgan fingerprint density at radius 3 is 2.38 bits per heavy atom. The number of fused-ring (bicyclic) bond motifs is 3. The number of carbonyl (C=O) groups is 2. The quantitative estimate of drug-likeness (QED) is 0.259. The van der Waals surface area contributed by atoms with E-state index in [0.29, 0.717) is 55.9 Å². The maximum absolute atomic E-state index is 14.8. The summed E-state index contributed by atoms with van der Waals surface area (Å²) in [6.45, 7) is 11.0. The van der Waals surface area contributed by atoms with E-state index in [1.807, 2.05) is 52.8 Å². The number of piperidine rings is 1. The topological polar surface area (TPSA) is 105 Å². The van der Waals surface area contributed by atoms with Crippen LogP contribution in [-0.4, -0.2) is 69.3 Å². The number of hydrogen-bond acceptors (Lipinski definition) is 7. The number of nitrogens with zero attached hydrogens (tertiary/aromatic N) is 2. The number of ether oxygens (including phenoxy) is 2. The molecule has 0 saturated carbocycles. The Balaban J connectivity index is 1.16. The Bertz CT molecular complexity index is 2010. The summed E-state index contributed by atoms with van der Waals surface area (Å²) in [5, 5.41) is 2.84. The van der Waals surface area contributed by atoms with Crippen LogP contribution < -0.4 is 19.9 Å². The lowest BCUT2D eigenvalue weighted by Crippen LogP contribution is -2.50. The summed E-state index contributed by atoms with van der Waals surface area (Å²) in [7, 11) is -3.52. The molecule has 2 heterocycles. The van der Waals surface area contributed by atoms with Crippen molar-refractivity contribution in [2.24, 2.45) is 0 Å². The summed E-state index contributed by atoms with van der Waals surface area (Å²) in [4.78, 5) is 30.5. The summed E-state index contributed by atoms with van der Waals surface area (Å²) in [5.41, 5.74) is 2.08. The highest BCUT2D eigenvalue weighted by molar-refractivity contribution is 7.90. The lowest BCUT2D eigenvalue weighted by molar-refractivity contribution is -0.122. The van der Waals surface area contributed by atoms with Gasteiger partial charge in [0.15, 0.2) is 11.6 Å². The monoisotopic (exact) mass is 755 g/mol. The number of hydrogen-bond donors (Lipinski definition) is 1. The summed E-state index contributed by atoms with van der Waals surface area (Å²) in [6.07, 6.45) is 2.74. The van der Waals surface area contributed by atoms with Gasteiger partial charge in [0.05, 0.1) is 18.0 Å². The summed E-state index contributed by atoms with van der Waals surface area (Å²) >= 11 is 0. The van der Waals surface area contributed by atoms with Gasteiger partial charge in [0.1, 0.15) is 32.6 Å². The van der Waals surface area contributed by atoms with Crippen LogP contribution in [0.2, 0.25) is 0 Å². The van der Waals surface area contributed by atoms with E-state index >= 15 is 0 Å². The standard InChI is InChI=1S/C40H48F3N3O6S/c1-38(2,3)52-37(48)46-24-39(4,5)51-35-21-29(9-12-34(35)46)45-15-13-40(14-16-45)22-26(30-10-8-27(41)20-31(30)40)19-36(47)44-28(23-53(6,49)50)17-25-7-11-32(42)33(43)18-25/h7-12,18,20-21,26,28H,13-17,19,22-24H2,1-6H3,(H,44,47)/t26-,28-/m1/s1. The molecule has 9 nitrogen and oxygen atoms in total. The molecule has 1 spiro atoms. The van der Waals surface area contributed by atoms with E-state index < -0.39 is 44.8 Å². The SMILES string of the molecule is CC(C)(C)OC(=O)N1CC(C)(C)Oc2cc(N3CCC4(CC3)C[C@@H](CC(=O)N[C@H](Cc3ccc(F)c(F)c3)CS(C)(=O)=O)c3ccc(F)cc34)ccc21. The fourth-order valence-corrected chi connectivity index (χ4v) is 9.07. The number of benzene rings is 3. The predicted octanol–water partition coefficient (Wildman–Crippen LogP) is 7.20. The Kier molecular flexibility index (Phi) is 10.3. The molecular weight excluding hydrogens is 708 g/mol. The maximum Gasteiger partial charge on any atom is 0.415 e. The average Bonchev–Trinajstić information content (AvgIpc) is 3.31. The van der Waals surface area contributed by atoms with Gasteiger partial charge in [-0.15, -0.1) is 0 Å². The van der Waals surface area contributed by atoms with E-state index in [-0.39, 0.29) is 41.7 Å². The van der Waals surface area contributed by atoms with Gasteiger partial charge in [-0.3, -0.25) is 9.69 Å². The fraction of sp³-hybridized carbons (Fsp3) is 0.500. The van der Waals surface area contributed by atoms with Crippen molar-refractivity contribution in [2.75, 3.05) is 41.4 Å². The third kappa shape index (κ3) is 8.93. The molecular formula is C40H48F3N3O6S. The lowest BCUT2D eigenvalue weighted by atomic mass is 9.73. The van der Waals surface area contributed by atoms with Gasteiger partial charge in [0.2, 0.25) is 5.91 Å². The van der Waals surface area contributed by atoms with Crippen molar-refractivity contribution >= 4 is 33.2 Å². The number of carbonyl (C=O) groups excluding carboxylic acids is 2. The summed E-state index contributed by atoms with van der Waals surface area (Å²) in [6, 6.07) is 13.0. The lowest BCUT2D eigenvalue weighted by Gasteiger charge is -2.43. The van der Waals surface area contributed by atoms with Crippen LogP contribution in [0.1, 0.15) is 82.9 Å². The third-order valence-corrected chi connectivity index (χ3v) is 11.3. The number of rotatable bonds is 8. The molecule has 3 aliphatic rings. The zero-order valence-electron chi connectivity index (χ0n) is 31.1. The van der Waals surface area contributed by atoms with Crippen molar-refractivity contribution in [1.82, 2.24) is 5.32 Å². The van der Waals surface area contributed by atoms with E-state index in [0.717, 1.165) is 35.2 Å². The number of sulfone groups is 1. The number of amides is 2. The molecule has 1 aliphatic carbocycles. The van der Waals surface area contributed by atoms with Crippen LogP contribution in [0.5, 0.6) is 5.75 Å². The molecule has 286 valence electrons. The maximum atomic E-state index is 14.8. The van der Waals surface area contributed by atoms with Crippen LogP contribution in [0.4, 0.5) is 29.3 Å². The Labute approximate surface area is 309 Å². The highest BCUT2D eigenvalue weighted by atomic mass is 32.2. The average molecular weight is 756 g/mol.